The predicted octanol–water partition coefficient (Wildman–Crippen LogP) is 1.65. The monoisotopic (exact) mass is 314 g/mol. The number of halogens is 2. The van der Waals surface area contributed by atoms with Crippen molar-refractivity contribution < 1.29 is 19.1 Å². The van der Waals surface area contributed by atoms with Crippen LogP contribution < -0.4 is 5.32 Å². The maximum Gasteiger partial charge on any atom is 0.313 e. The van der Waals surface area contributed by atoms with Gasteiger partial charge in [0.25, 0.3) is 0 Å². The molecule has 1 aromatic rings. The molecule has 114 valence electrons. The quantitative estimate of drug-likeness (QED) is 0.816. The maximum absolute atomic E-state index is 12.9. The van der Waals surface area contributed by atoms with Crippen LogP contribution in [0.3, 0.4) is 0 Å². The summed E-state index contributed by atoms with van der Waals surface area (Å²) in [4.78, 5) is 25.3. The molecule has 0 radical (unpaired) electrons. The molecule has 1 heterocycles. The zero-order valence-corrected chi connectivity index (χ0v) is 12.2. The predicted molar refractivity (Wildman–Crippen MR) is 76.4 cm³/mol. The first-order valence-electron chi connectivity index (χ1n) is 6.62. The third-order valence-electron chi connectivity index (χ3n) is 3.57. The van der Waals surface area contributed by atoms with E-state index < -0.39 is 23.7 Å². The number of likely N-dealkylation sites (tertiary alicyclic amines) is 1. The van der Waals surface area contributed by atoms with Gasteiger partial charge in [0.15, 0.2) is 0 Å². The van der Waals surface area contributed by atoms with Gasteiger partial charge in [0.05, 0.1) is 16.8 Å². The van der Waals surface area contributed by atoms with E-state index in [4.69, 9.17) is 11.6 Å². The summed E-state index contributed by atoms with van der Waals surface area (Å²) < 4.78 is 12.9. The molecule has 2 amide bonds. The Bertz CT molecular complexity index is 565. The van der Waals surface area contributed by atoms with Crippen molar-refractivity contribution in [3.05, 3.63) is 29.0 Å². The lowest BCUT2D eigenvalue weighted by Crippen LogP contribution is -2.38. The SMILES string of the molecule is CC(O)C1CCN(C(=O)C(=O)Nc2ccc(F)cc2Cl)C1. The van der Waals surface area contributed by atoms with Crippen LogP contribution in [0.2, 0.25) is 5.02 Å². The summed E-state index contributed by atoms with van der Waals surface area (Å²) in [6.45, 7) is 2.44. The molecule has 1 aliphatic rings. The second-order valence-electron chi connectivity index (χ2n) is 5.12. The van der Waals surface area contributed by atoms with Crippen molar-refractivity contribution in [2.45, 2.75) is 19.4 Å². The lowest BCUT2D eigenvalue weighted by Gasteiger charge is -2.17. The number of hydrogen-bond acceptors (Lipinski definition) is 3. The first-order chi connectivity index (χ1) is 9.88. The minimum atomic E-state index is -0.824. The second-order valence-corrected chi connectivity index (χ2v) is 5.53. The van der Waals surface area contributed by atoms with Crippen LogP contribution in [0.5, 0.6) is 0 Å². The summed E-state index contributed by atoms with van der Waals surface area (Å²) in [5, 5.41) is 11.9. The number of aliphatic hydroxyl groups is 1. The Morgan fingerprint density at radius 1 is 1.52 bits per heavy atom. The molecule has 2 rings (SSSR count). The van der Waals surface area contributed by atoms with Crippen LogP contribution in [0.4, 0.5) is 10.1 Å². The van der Waals surface area contributed by atoms with Gasteiger partial charge in [-0.1, -0.05) is 11.6 Å². The van der Waals surface area contributed by atoms with Crippen LogP contribution in [-0.4, -0.2) is 41.0 Å². The average molecular weight is 315 g/mol. The normalized spacial score (nSPS) is 19.4. The number of rotatable bonds is 2. The van der Waals surface area contributed by atoms with Gasteiger partial charge in [-0.05, 0) is 31.5 Å². The van der Waals surface area contributed by atoms with Gasteiger partial charge >= 0.3 is 11.8 Å². The van der Waals surface area contributed by atoms with Gasteiger partial charge in [0.2, 0.25) is 0 Å². The molecule has 2 atom stereocenters. The number of anilines is 1. The molecule has 2 N–H and O–H groups in total. The minimum Gasteiger partial charge on any atom is -0.393 e. The van der Waals surface area contributed by atoms with Crippen LogP contribution in [-0.2, 0) is 9.59 Å². The highest BCUT2D eigenvalue weighted by Gasteiger charge is 2.32. The van der Waals surface area contributed by atoms with E-state index in [1.807, 2.05) is 0 Å². The first kappa shape index (κ1) is 15.7. The van der Waals surface area contributed by atoms with E-state index in [1.54, 1.807) is 6.92 Å². The number of amides is 2. The largest absolute Gasteiger partial charge is 0.393 e. The Kier molecular flexibility index (Phi) is 4.80. The molecule has 0 aliphatic carbocycles. The number of nitrogens with zero attached hydrogens (tertiary/aromatic N) is 1. The van der Waals surface area contributed by atoms with Gasteiger partial charge in [-0.15, -0.1) is 0 Å². The van der Waals surface area contributed by atoms with Crippen LogP contribution in [0.15, 0.2) is 18.2 Å². The van der Waals surface area contributed by atoms with Crippen LogP contribution in [0.1, 0.15) is 13.3 Å². The summed E-state index contributed by atoms with van der Waals surface area (Å²) in [5.41, 5.74) is 0.183. The lowest BCUT2D eigenvalue weighted by atomic mass is 10.0. The second kappa shape index (κ2) is 6.41. The minimum absolute atomic E-state index is 0.0174. The summed E-state index contributed by atoms with van der Waals surface area (Å²) in [5.74, 6) is -2.05. The zero-order chi connectivity index (χ0) is 15.6. The molecular formula is C14H16ClFN2O3. The molecule has 0 saturated carbocycles. The molecular weight excluding hydrogens is 299 g/mol. The Labute approximate surface area is 126 Å². The highest BCUT2D eigenvalue weighted by Crippen LogP contribution is 2.23. The Morgan fingerprint density at radius 2 is 2.24 bits per heavy atom. The van der Waals surface area contributed by atoms with Crippen molar-refractivity contribution >= 4 is 29.1 Å². The Hall–Kier alpha value is -1.66. The van der Waals surface area contributed by atoms with E-state index in [0.29, 0.717) is 19.5 Å². The first-order valence-corrected chi connectivity index (χ1v) is 6.99. The lowest BCUT2D eigenvalue weighted by molar-refractivity contribution is -0.142. The van der Waals surface area contributed by atoms with Gasteiger partial charge < -0.3 is 15.3 Å². The molecule has 1 aliphatic heterocycles. The van der Waals surface area contributed by atoms with E-state index in [2.05, 4.69) is 5.32 Å². The van der Waals surface area contributed by atoms with Gasteiger partial charge in [-0.2, -0.15) is 0 Å². The average Bonchev–Trinajstić information content (AvgIpc) is 2.90. The number of benzene rings is 1. The maximum atomic E-state index is 12.9. The fourth-order valence-electron chi connectivity index (χ4n) is 2.28. The topological polar surface area (TPSA) is 69.6 Å². The highest BCUT2D eigenvalue weighted by atomic mass is 35.5. The summed E-state index contributed by atoms with van der Waals surface area (Å²) >= 11 is 5.79. The number of carbonyl (C=O) groups excluding carboxylic acids is 2. The molecule has 0 spiro atoms. The molecule has 1 saturated heterocycles. The van der Waals surface area contributed by atoms with Gasteiger partial charge in [-0.3, -0.25) is 9.59 Å². The van der Waals surface area contributed by atoms with Crippen molar-refractivity contribution in [1.82, 2.24) is 4.90 Å². The van der Waals surface area contributed by atoms with E-state index in [-0.39, 0.29) is 16.6 Å². The highest BCUT2D eigenvalue weighted by molar-refractivity contribution is 6.41. The van der Waals surface area contributed by atoms with Crippen molar-refractivity contribution in [3.8, 4) is 0 Å². The van der Waals surface area contributed by atoms with E-state index in [1.165, 1.54) is 11.0 Å². The number of nitrogens with one attached hydrogen (secondary N) is 1. The number of carbonyl (C=O) groups is 2. The molecule has 21 heavy (non-hydrogen) atoms. The van der Waals surface area contributed by atoms with E-state index in [0.717, 1.165) is 12.1 Å². The Balaban J connectivity index is 1.99. The molecule has 1 fully saturated rings. The van der Waals surface area contributed by atoms with Crippen molar-refractivity contribution in [2.75, 3.05) is 18.4 Å². The number of hydrogen-bond donors (Lipinski definition) is 2. The third-order valence-corrected chi connectivity index (χ3v) is 3.88. The standard InChI is InChI=1S/C14H16ClFN2O3/c1-8(19)9-4-5-18(7-9)14(21)13(20)17-12-3-2-10(16)6-11(12)15/h2-3,6,8-9,19H,4-5,7H2,1H3,(H,17,20). The van der Waals surface area contributed by atoms with E-state index >= 15 is 0 Å². The van der Waals surface area contributed by atoms with Gasteiger partial charge in [-0.25, -0.2) is 4.39 Å². The van der Waals surface area contributed by atoms with Crippen LogP contribution in [0, 0.1) is 11.7 Å². The zero-order valence-electron chi connectivity index (χ0n) is 11.5. The smallest absolute Gasteiger partial charge is 0.313 e. The molecule has 2 unspecified atom stereocenters. The van der Waals surface area contributed by atoms with E-state index in [9.17, 15) is 19.1 Å². The molecule has 0 aromatic heterocycles. The van der Waals surface area contributed by atoms with Gasteiger partial charge in [0, 0.05) is 19.0 Å². The molecule has 1 aromatic carbocycles. The number of aliphatic hydroxyl groups excluding tert-OH is 1. The fraction of sp³-hybridized carbons (Fsp3) is 0.429. The Morgan fingerprint density at radius 3 is 2.81 bits per heavy atom. The van der Waals surface area contributed by atoms with Crippen LogP contribution >= 0.6 is 11.6 Å². The molecule has 0 bridgehead atoms. The van der Waals surface area contributed by atoms with Crippen molar-refractivity contribution in [3.63, 3.8) is 0 Å². The van der Waals surface area contributed by atoms with Gasteiger partial charge in [0.1, 0.15) is 5.82 Å². The van der Waals surface area contributed by atoms with Crippen molar-refractivity contribution in [1.29, 1.82) is 0 Å². The summed E-state index contributed by atoms with van der Waals surface area (Å²) in [6, 6.07) is 3.50. The third kappa shape index (κ3) is 3.71. The van der Waals surface area contributed by atoms with Crippen LogP contribution in [0.25, 0.3) is 0 Å². The van der Waals surface area contributed by atoms with Crippen molar-refractivity contribution in [2.24, 2.45) is 5.92 Å². The molecule has 5 nitrogen and oxygen atoms in total. The summed E-state index contributed by atoms with van der Waals surface area (Å²) in [6.07, 6.45) is 0.144. The molecule has 7 heteroatoms. The fourth-order valence-corrected chi connectivity index (χ4v) is 2.49. The summed E-state index contributed by atoms with van der Waals surface area (Å²) in [7, 11) is 0.